The number of nitrogens with zero attached hydrogens (tertiary/aromatic N) is 1. The van der Waals surface area contributed by atoms with Gasteiger partial charge in [0.1, 0.15) is 0 Å². The van der Waals surface area contributed by atoms with Crippen LogP contribution in [0.25, 0.3) is 0 Å². The number of hydrogen-bond acceptors (Lipinski definition) is 2. The molecule has 1 heterocycles. The molecule has 1 N–H and O–H groups in total. The lowest BCUT2D eigenvalue weighted by atomic mass is 10.1. The van der Waals surface area contributed by atoms with Crippen molar-refractivity contribution in [3.63, 3.8) is 0 Å². The van der Waals surface area contributed by atoms with Gasteiger partial charge in [-0.05, 0) is 7.05 Å². The fourth-order valence-electron chi connectivity index (χ4n) is 1.04. The van der Waals surface area contributed by atoms with Gasteiger partial charge in [-0.15, -0.1) is 0 Å². The van der Waals surface area contributed by atoms with Crippen LogP contribution >= 0.6 is 0 Å². The normalized spacial score (nSPS) is 20.9. The van der Waals surface area contributed by atoms with Crippen molar-refractivity contribution in [1.82, 2.24) is 10.2 Å². The molecule has 0 atom stereocenters. The Morgan fingerprint density at radius 2 is 2.08 bits per heavy atom. The Morgan fingerprint density at radius 1 is 1.42 bits per heavy atom. The van der Waals surface area contributed by atoms with Gasteiger partial charge in [-0.2, -0.15) is 0 Å². The van der Waals surface area contributed by atoms with Crippen LogP contribution in [0.1, 0.15) is 0 Å². The van der Waals surface area contributed by atoms with Crippen molar-refractivity contribution in [2.45, 2.75) is 5.92 Å². The van der Waals surface area contributed by atoms with Crippen LogP contribution in [0.3, 0.4) is 0 Å². The Hall–Kier alpha value is -0.660. The minimum Gasteiger partial charge on any atom is -0.309 e. The van der Waals surface area contributed by atoms with Crippen LogP contribution in [-0.4, -0.2) is 44.0 Å². The number of nitrogens with one attached hydrogen (secondary N) is 1. The fraction of sp³-hybridized carbons (Fsp3) is 0.750. The van der Waals surface area contributed by atoms with Crippen LogP contribution in [-0.2, 0) is 0 Å². The van der Waals surface area contributed by atoms with Crippen molar-refractivity contribution in [3.05, 3.63) is 0 Å². The maximum absolute atomic E-state index is 12.3. The van der Waals surface area contributed by atoms with Crippen molar-refractivity contribution in [2.75, 3.05) is 33.2 Å². The third-order valence-corrected chi connectivity index (χ3v) is 1.60. The first-order valence-corrected chi connectivity index (χ1v) is 3.84. The highest BCUT2D eigenvalue weighted by Crippen LogP contribution is 2.25. The van der Waals surface area contributed by atoms with Gasteiger partial charge < -0.3 is 5.32 Å². The Labute approximate surface area is 70.9 Å². The van der Waals surface area contributed by atoms with Gasteiger partial charge >= 0.3 is 0 Å². The van der Waals surface area contributed by atoms with Gasteiger partial charge in [-0.25, -0.2) is 8.78 Å². The third kappa shape index (κ3) is 2.76. The zero-order valence-corrected chi connectivity index (χ0v) is 7.03. The van der Waals surface area contributed by atoms with E-state index in [-0.39, 0.29) is 13.1 Å². The zero-order valence-electron chi connectivity index (χ0n) is 7.03. The standard InChI is InChI=1S/C8H12F2N2/c1-11-4-2-3-5-12-6-8(9,10)7-12/h11H,4-7H2,1H3. The van der Waals surface area contributed by atoms with Crippen molar-refractivity contribution in [2.24, 2.45) is 0 Å². The lowest BCUT2D eigenvalue weighted by Crippen LogP contribution is -2.56. The summed E-state index contributed by atoms with van der Waals surface area (Å²) in [5, 5.41) is 2.85. The predicted octanol–water partition coefficient (Wildman–Crippen LogP) is 0.160. The molecular formula is C8H12F2N2. The summed E-state index contributed by atoms with van der Waals surface area (Å²) in [5.74, 6) is 3.15. The topological polar surface area (TPSA) is 15.3 Å². The molecule has 0 aromatic rings. The van der Waals surface area contributed by atoms with E-state index < -0.39 is 5.92 Å². The largest absolute Gasteiger partial charge is 0.309 e. The van der Waals surface area contributed by atoms with E-state index in [1.165, 1.54) is 0 Å². The van der Waals surface area contributed by atoms with E-state index >= 15 is 0 Å². The second-order valence-corrected chi connectivity index (χ2v) is 2.88. The quantitative estimate of drug-likeness (QED) is 0.600. The first kappa shape index (κ1) is 9.43. The minimum atomic E-state index is -2.47. The molecule has 0 bridgehead atoms. The molecule has 68 valence electrons. The molecule has 1 fully saturated rings. The molecule has 0 amide bonds. The van der Waals surface area contributed by atoms with Crippen molar-refractivity contribution in [3.8, 4) is 11.8 Å². The molecule has 0 aromatic carbocycles. The molecule has 0 unspecified atom stereocenters. The monoisotopic (exact) mass is 174 g/mol. The number of hydrogen-bond donors (Lipinski definition) is 1. The van der Waals surface area contributed by atoms with Gasteiger partial charge in [0.25, 0.3) is 5.92 Å². The highest BCUT2D eigenvalue weighted by molar-refractivity contribution is 5.05. The average molecular weight is 174 g/mol. The molecule has 0 saturated carbocycles. The van der Waals surface area contributed by atoms with Crippen molar-refractivity contribution >= 4 is 0 Å². The first-order valence-electron chi connectivity index (χ1n) is 3.84. The summed E-state index contributed by atoms with van der Waals surface area (Å²) < 4.78 is 24.5. The third-order valence-electron chi connectivity index (χ3n) is 1.60. The summed E-state index contributed by atoms with van der Waals surface area (Å²) in [7, 11) is 1.80. The van der Waals surface area contributed by atoms with E-state index in [4.69, 9.17) is 0 Å². The van der Waals surface area contributed by atoms with Crippen LogP contribution in [0.4, 0.5) is 8.78 Å². The SMILES string of the molecule is CNCC#CCN1CC(F)(F)C1. The molecule has 1 aliphatic rings. The van der Waals surface area contributed by atoms with Crippen LogP contribution < -0.4 is 5.32 Å². The zero-order chi connectivity index (χ0) is 9.03. The highest BCUT2D eigenvalue weighted by Gasteiger charge is 2.43. The van der Waals surface area contributed by atoms with Crippen LogP contribution in [0.15, 0.2) is 0 Å². The van der Waals surface area contributed by atoms with Gasteiger partial charge in [0.15, 0.2) is 0 Å². The van der Waals surface area contributed by atoms with E-state index in [2.05, 4.69) is 17.2 Å². The predicted molar refractivity (Wildman–Crippen MR) is 43.1 cm³/mol. The van der Waals surface area contributed by atoms with Gasteiger partial charge in [0, 0.05) is 0 Å². The minimum absolute atomic E-state index is 0.138. The number of likely N-dealkylation sites (tertiary alicyclic amines) is 1. The summed E-state index contributed by atoms with van der Waals surface area (Å²) >= 11 is 0. The van der Waals surface area contributed by atoms with E-state index in [1.807, 2.05) is 0 Å². The van der Waals surface area contributed by atoms with E-state index in [9.17, 15) is 8.78 Å². The first-order chi connectivity index (χ1) is 5.64. The summed E-state index contributed by atoms with van der Waals surface area (Å²) in [4.78, 5) is 1.63. The number of halogens is 2. The Bertz CT molecular complexity index is 197. The van der Waals surface area contributed by atoms with E-state index in [0.29, 0.717) is 13.1 Å². The molecule has 12 heavy (non-hydrogen) atoms. The average Bonchev–Trinajstić information content (AvgIpc) is 1.94. The molecule has 0 spiro atoms. The lowest BCUT2D eigenvalue weighted by molar-refractivity contribution is -0.125. The Morgan fingerprint density at radius 3 is 2.58 bits per heavy atom. The van der Waals surface area contributed by atoms with E-state index in [1.54, 1.807) is 11.9 Å². The molecule has 1 rings (SSSR count). The van der Waals surface area contributed by atoms with Gasteiger partial charge in [0.05, 0.1) is 26.2 Å². The molecule has 0 radical (unpaired) electrons. The summed E-state index contributed by atoms with van der Waals surface area (Å²) in [5.41, 5.74) is 0. The number of rotatable bonds is 2. The molecule has 1 aliphatic heterocycles. The molecule has 1 saturated heterocycles. The number of alkyl halides is 2. The summed E-state index contributed by atoms with van der Waals surface area (Å²) in [6.07, 6.45) is 0. The maximum atomic E-state index is 12.3. The fourth-order valence-corrected chi connectivity index (χ4v) is 1.04. The molecule has 0 aliphatic carbocycles. The molecule has 0 aromatic heterocycles. The molecule has 4 heteroatoms. The second-order valence-electron chi connectivity index (χ2n) is 2.88. The van der Waals surface area contributed by atoms with Crippen molar-refractivity contribution in [1.29, 1.82) is 0 Å². The maximum Gasteiger partial charge on any atom is 0.273 e. The highest BCUT2D eigenvalue weighted by atomic mass is 19.3. The van der Waals surface area contributed by atoms with Gasteiger partial charge in [-0.1, -0.05) is 11.8 Å². The van der Waals surface area contributed by atoms with Gasteiger partial charge in [-0.3, -0.25) is 4.90 Å². The summed E-state index contributed by atoms with van der Waals surface area (Å²) in [6.45, 7) is 0.796. The Kier molecular flexibility index (Phi) is 3.01. The second kappa shape index (κ2) is 3.83. The smallest absolute Gasteiger partial charge is 0.273 e. The molecule has 2 nitrogen and oxygen atoms in total. The van der Waals surface area contributed by atoms with Crippen LogP contribution in [0.5, 0.6) is 0 Å². The van der Waals surface area contributed by atoms with Crippen LogP contribution in [0, 0.1) is 11.8 Å². The van der Waals surface area contributed by atoms with Crippen LogP contribution in [0.2, 0.25) is 0 Å². The van der Waals surface area contributed by atoms with Crippen molar-refractivity contribution < 1.29 is 8.78 Å². The Balaban J connectivity index is 2.09. The molecular weight excluding hydrogens is 162 g/mol. The van der Waals surface area contributed by atoms with E-state index in [0.717, 1.165) is 0 Å². The summed E-state index contributed by atoms with van der Waals surface area (Å²) in [6, 6.07) is 0. The van der Waals surface area contributed by atoms with Gasteiger partial charge in [0.2, 0.25) is 0 Å². The lowest BCUT2D eigenvalue weighted by Gasteiger charge is -2.37.